The molecule has 500 valence electrons. The van der Waals surface area contributed by atoms with Crippen LogP contribution >= 0.6 is 0 Å². The van der Waals surface area contributed by atoms with Gasteiger partial charge < -0.3 is 89.9 Å². The van der Waals surface area contributed by atoms with Gasteiger partial charge in [0.1, 0.15) is 73.2 Å². The first kappa shape index (κ1) is 78.0. The van der Waals surface area contributed by atoms with Crippen molar-refractivity contribution in [1.29, 1.82) is 0 Å². The van der Waals surface area contributed by atoms with Crippen LogP contribution in [-0.2, 0) is 33.2 Å². The Labute approximate surface area is 520 Å². The van der Waals surface area contributed by atoms with Crippen LogP contribution in [0.5, 0.6) is 0 Å². The summed E-state index contributed by atoms with van der Waals surface area (Å²) in [6.07, 6.45) is 36.6. The zero-order chi connectivity index (χ0) is 63.3. The Bertz CT molecular complexity index is 1960. The van der Waals surface area contributed by atoms with E-state index in [9.17, 15) is 61.0 Å². The van der Waals surface area contributed by atoms with Crippen LogP contribution in [0.4, 0.5) is 0 Å². The number of carbonyl (C=O) groups excluding carboxylic acids is 1. The first-order valence-electron chi connectivity index (χ1n) is 33.0. The standard InChI is InChI=1S/C68H115NO18/c1-3-5-7-9-11-13-15-17-19-20-21-22-23-24-25-26-27-28-29-30-32-34-36-38-40-42-44-46-56(74)69-51(52(73)45-43-41-39-37-35-33-31-18-16-14-12-10-8-6-4-2)50-82-66-62(80)59(77)64(54(48-71)84-66)87-68-63(81)60(78)65(55(49-72)85-68)86-67-61(79)58(76)57(75)53(47-70)83-67/h5,7,11,13,17,19,21-22,24-25,27-28,35,37,43,45,51-55,57-68,70-73,75-81H,3-4,6,8-10,12,14-16,18,20,23,26,29-34,36,38-42,44,46-50H2,1-2H3,(H,69,74)/b7-5-,13-11-,19-17-,22-21-,25-24-,28-27-,37-35+,45-43+. The lowest BCUT2D eigenvalue weighted by Crippen LogP contribution is -2.66. The number of aliphatic hydroxyl groups is 11. The van der Waals surface area contributed by atoms with Crippen molar-refractivity contribution in [3.63, 3.8) is 0 Å². The monoisotopic (exact) mass is 1230 g/mol. The minimum absolute atomic E-state index is 0.219. The van der Waals surface area contributed by atoms with Crippen molar-refractivity contribution in [3.8, 4) is 0 Å². The Morgan fingerprint density at radius 1 is 0.425 bits per heavy atom. The van der Waals surface area contributed by atoms with Gasteiger partial charge in [0.2, 0.25) is 5.91 Å². The number of nitrogens with one attached hydrogen (secondary N) is 1. The highest BCUT2D eigenvalue weighted by Crippen LogP contribution is 2.33. The number of allylic oxidation sites excluding steroid dienone is 15. The molecule has 1 amide bonds. The molecule has 87 heavy (non-hydrogen) atoms. The largest absolute Gasteiger partial charge is 0.394 e. The predicted molar refractivity (Wildman–Crippen MR) is 337 cm³/mol. The van der Waals surface area contributed by atoms with Gasteiger partial charge in [0.15, 0.2) is 18.9 Å². The molecule has 0 radical (unpaired) electrons. The van der Waals surface area contributed by atoms with E-state index in [1.165, 1.54) is 57.8 Å². The summed E-state index contributed by atoms with van der Waals surface area (Å²) in [4.78, 5) is 13.4. The van der Waals surface area contributed by atoms with Gasteiger partial charge >= 0.3 is 0 Å². The van der Waals surface area contributed by atoms with E-state index in [2.05, 4.69) is 104 Å². The van der Waals surface area contributed by atoms with E-state index < -0.39 is 124 Å². The number of rotatable bonds is 48. The number of unbranched alkanes of at least 4 members (excludes halogenated alkanes) is 18. The molecule has 3 saturated heterocycles. The smallest absolute Gasteiger partial charge is 0.220 e. The summed E-state index contributed by atoms with van der Waals surface area (Å²) in [7, 11) is 0. The molecule has 0 bridgehead atoms. The maximum atomic E-state index is 13.4. The van der Waals surface area contributed by atoms with Gasteiger partial charge in [-0.2, -0.15) is 0 Å². The van der Waals surface area contributed by atoms with Crippen molar-refractivity contribution < 1.29 is 89.4 Å². The Kier molecular flexibility index (Phi) is 44.3. The molecule has 19 nitrogen and oxygen atoms in total. The number of ether oxygens (including phenoxy) is 6. The fourth-order valence-electron chi connectivity index (χ4n) is 10.5. The van der Waals surface area contributed by atoms with Gasteiger partial charge in [-0.15, -0.1) is 0 Å². The van der Waals surface area contributed by atoms with Gasteiger partial charge in [-0.25, -0.2) is 0 Å². The molecule has 17 unspecified atom stereocenters. The minimum Gasteiger partial charge on any atom is -0.394 e. The topological polar surface area (TPSA) is 307 Å². The number of amides is 1. The van der Waals surface area contributed by atoms with E-state index in [0.29, 0.717) is 12.8 Å². The van der Waals surface area contributed by atoms with Crippen LogP contribution in [0.15, 0.2) is 97.2 Å². The van der Waals surface area contributed by atoms with Crippen LogP contribution in [0.3, 0.4) is 0 Å². The molecule has 3 aliphatic rings. The lowest BCUT2D eigenvalue weighted by Gasteiger charge is -2.48. The van der Waals surface area contributed by atoms with Gasteiger partial charge in [-0.3, -0.25) is 4.79 Å². The summed E-state index contributed by atoms with van der Waals surface area (Å²) >= 11 is 0. The molecule has 0 aromatic rings. The molecule has 0 aliphatic carbocycles. The highest BCUT2D eigenvalue weighted by Gasteiger charge is 2.53. The molecule has 0 aromatic carbocycles. The molecular formula is C68H115NO18. The summed E-state index contributed by atoms with van der Waals surface area (Å²) in [5, 5.41) is 120. The average molecular weight is 1230 g/mol. The maximum absolute atomic E-state index is 13.4. The van der Waals surface area contributed by atoms with Gasteiger partial charge in [-0.05, 0) is 83.5 Å². The lowest BCUT2D eigenvalue weighted by atomic mass is 9.96. The van der Waals surface area contributed by atoms with Gasteiger partial charge in [0, 0.05) is 6.42 Å². The van der Waals surface area contributed by atoms with E-state index in [1.807, 2.05) is 6.08 Å². The van der Waals surface area contributed by atoms with Crippen molar-refractivity contribution >= 4 is 5.91 Å². The number of carbonyl (C=O) groups is 1. The minimum atomic E-state index is -1.99. The lowest BCUT2D eigenvalue weighted by molar-refractivity contribution is -0.379. The maximum Gasteiger partial charge on any atom is 0.220 e. The van der Waals surface area contributed by atoms with Crippen molar-refractivity contribution in [3.05, 3.63) is 97.2 Å². The Morgan fingerprint density at radius 2 is 0.805 bits per heavy atom. The highest BCUT2D eigenvalue weighted by molar-refractivity contribution is 5.76. The van der Waals surface area contributed by atoms with E-state index in [0.717, 1.165) is 103 Å². The molecule has 3 rings (SSSR count). The highest BCUT2D eigenvalue weighted by atomic mass is 16.8. The molecule has 0 aromatic heterocycles. The zero-order valence-corrected chi connectivity index (χ0v) is 52.5. The van der Waals surface area contributed by atoms with Crippen LogP contribution in [0.2, 0.25) is 0 Å². The summed E-state index contributed by atoms with van der Waals surface area (Å²) < 4.78 is 34.3. The molecule has 3 heterocycles. The molecule has 19 heteroatoms. The third kappa shape index (κ3) is 32.0. The van der Waals surface area contributed by atoms with Crippen molar-refractivity contribution in [2.75, 3.05) is 26.4 Å². The van der Waals surface area contributed by atoms with E-state index in [4.69, 9.17) is 28.4 Å². The van der Waals surface area contributed by atoms with Crippen LogP contribution < -0.4 is 5.32 Å². The second kappa shape index (κ2) is 49.4. The molecule has 0 spiro atoms. The Balaban J connectivity index is 1.45. The van der Waals surface area contributed by atoms with E-state index >= 15 is 0 Å². The van der Waals surface area contributed by atoms with Gasteiger partial charge in [0.25, 0.3) is 0 Å². The SMILES string of the molecule is CC/C=C\C/C=C\C/C=C\C/C=C\C/C=C\C/C=C\CCCCCCCCCCC(=O)NC(COC1OC(CO)C(OC2OC(CO)C(OC3OC(CO)C(O)C(O)C3O)C(O)C2O)C(O)C1O)C(O)/C=C/CC/C=C/CCCCCCCCCCC. The summed E-state index contributed by atoms with van der Waals surface area (Å²) in [6.45, 7) is 1.56. The van der Waals surface area contributed by atoms with Crippen LogP contribution in [0.25, 0.3) is 0 Å². The molecule has 3 aliphatic heterocycles. The Morgan fingerprint density at radius 3 is 1.29 bits per heavy atom. The first-order chi connectivity index (χ1) is 42.3. The predicted octanol–water partition coefficient (Wildman–Crippen LogP) is 7.71. The molecule has 3 fully saturated rings. The second-order valence-electron chi connectivity index (χ2n) is 23.2. The average Bonchev–Trinajstić information content (AvgIpc) is 1.10. The van der Waals surface area contributed by atoms with Crippen molar-refractivity contribution in [2.45, 2.75) is 298 Å². The third-order valence-corrected chi connectivity index (χ3v) is 15.9. The van der Waals surface area contributed by atoms with E-state index in [1.54, 1.807) is 6.08 Å². The van der Waals surface area contributed by atoms with Crippen molar-refractivity contribution in [2.24, 2.45) is 0 Å². The first-order valence-corrected chi connectivity index (χ1v) is 33.0. The number of hydrogen-bond donors (Lipinski definition) is 12. The van der Waals surface area contributed by atoms with Crippen LogP contribution in [0, 0.1) is 0 Å². The summed E-state index contributed by atoms with van der Waals surface area (Å²) in [5.41, 5.74) is 0. The molecule has 0 saturated carbocycles. The molecular weight excluding hydrogens is 1120 g/mol. The van der Waals surface area contributed by atoms with Gasteiger partial charge in [0.05, 0.1) is 38.6 Å². The fraction of sp³-hybridized carbons (Fsp3) is 0.750. The van der Waals surface area contributed by atoms with Gasteiger partial charge in [-0.1, -0.05) is 201 Å². The fourth-order valence-corrected chi connectivity index (χ4v) is 10.5. The molecule has 17 atom stereocenters. The number of hydrogen-bond acceptors (Lipinski definition) is 18. The van der Waals surface area contributed by atoms with Crippen molar-refractivity contribution in [1.82, 2.24) is 5.32 Å². The van der Waals surface area contributed by atoms with E-state index in [-0.39, 0.29) is 18.9 Å². The molecule has 12 N–H and O–H groups in total. The Hall–Kier alpha value is -3.29. The van der Waals surface area contributed by atoms with Crippen LogP contribution in [-0.4, -0.2) is 193 Å². The second-order valence-corrected chi connectivity index (χ2v) is 23.2. The normalized spacial score (nSPS) is 29.2. The summed E-state index contributed by atoms with van der Waals surface area (Å²) in [5.74, 6) is -0.299. The third-order valence-electron chi connectivity index (χ3n) is 15.9. The zero-order valence-electron chi connectivity index (χ0n) is 52.5. The quantitative estimate of drug-likeness (QED) is 0.0205. The van der Waals surface area contributed by atoms with Crippen LogP contribution in [0.1, 0.15) is 194 Å². The summed E-state index contributed by atoms with van der Waals surface area (Å²) in [6, 6.07) is -1.00. The number of aliphatic hydroxyl groups excluding tert-OH is 11.